The second-order valence-electron chi connectivity index (χ2n) is 15.0. The van der Waals surface area contributed by atoms with Gasteiger partial charge in [0, 0.05) is 6.42 Å². The van der Waals surface area contributed by atoms with Gasteiger partial charge in [-0.1, -0.05) is 203 Å². The molecule has 0 fully saturated rings. The lowest BCUT2D eigenvalue weighted by Gasteiger charge is -2.12. The lowest BCUT2D eigenvalue weighted by Crippen LogP contribution is -2.37. The molecule has 1 aromatic heterocycles. The molecule has 2 heteroatoms. The van der Waals surface area contributed by atoms with Crippen LogP contribution in [0, 0.1) is 0 Å². The third-order valence-electron chi connectivity index (χ3n) is 10.6. The number of imidazole rings is 1. The van der Waals surface area contributed by atoms with E-state index in [2.05, 4.69) is 96.8 Å². The minimum absolute atomic E-state index is 0.516. The van der Waals surface area contributed by atoms with Crippen molar-refractivity contribution < 1.29 is 4.57 Å². The summed E-state index contributed by atoms with van der Waals surface area (Å²) in [5, 5.41) is 0. The molecule has 268 valence electrons. The Kier molecular flexibility index (Phi) is 22.1. The Hall–Kier alpha value is -2.35. The molecule has 0 spiro atoms. The maximum Gasteiger partial charge on any atom is 0.261 e. The Balaban J connectivity index is 1.51. The zero-order valence-corrected chi connectivity index (χ0v) is 31.9. The zero-order chi connectivity index (χ0) is 33.9. The Morgan fingerprint density at radius 1 is 0.521 bits per heavy atom. The maximum absolute atomic E-state index is 2.74. The summed E-state index contributed by atoms with van der Waals surface area (Å²) in [5.74, 6) is 2.03. The maximum atomic E-state index is 2.74. The Morgan fingerprint density at radius 2 is 0.958 bits per heavy atom. The van der Waals surface area contributed by atoms with E-state index in [9.17, 15) is 0 Å². The van der Waals surface area contributed by atoms with Gasteiger partial charge in [-0.25, -0.2) is 9.13 Å². The lowest BCUT2D eigenvalue weighted by atomic mass is 9.96. The van der Waals surface area contributed by atoms with Gasteiger partial charge in [0.25, 0.3) is 5.82 Å². The van der Waals surface area contributed by atoms with E-state index in [1.165, 1.54) is 170 Å². The van der Waals surface area contributed by atoms with Crippen molar-refractivity contribution in [1.82, 2.24) is 4.57 Å². The first kappa shape index (κ1) is 40.1. The Bertz CT molecular complexity index is 1150. The van der Waals surface area contributed by atoms with Gasteiger partial charge in [0.1, 0.15) is 11.9 Å². The topological polar surface area (TPSA) is 8.81 Å². The van der Waals surface area contributed by atoms with Crippen LogP contribution < -0.4 is 4.57 Å². The number of nitrogens with zero attached hydrogens (tertiary/aromatic N) is 2. The fourth-order valence-electron chi connectivity index (χ4n) is 7.52. The van der Waals surface area contributed by atoms with Crippen LogP contribution in [0.25, 0.3) is 0 Å². The summed E-state index contributed by atoms with van der Waals surface area (Å²) in [4.78, 5) is 0. The summed E-state index contributed by atoms with van der Waals surface area (Å²) >= 11 is 0. The van der Waals surface area contributed by atoms with Gasteiger partial charge >= 0.3 is 0 Å². The largest absolute Gasteiger partial charge is 0.261 e. The minimum Gasteiger partial charge on any atom is -0.234 e. The van der Waals surface area contributed by atoms with E-state index >= 15 is 0 Å². The molecule has 0 bridgehead atoms. The number of benzene rings is 2. The highest BCUT2D eigenvalue weighted by atomic mass is 15.2. The second kappa shape index (κ2) is 26.5. The molecule has 0 saturated carbocycles. The molecular weight excluding hydrogens is 581 g/mol. The molecule has 0 saturated heterocycles. The highest BCUT2D eigenvalue weighted by Crippen LogP contribution is 2.23. The molecule has 3 aromatic rings. The molecule has 2 aromatic carbocycles. The summed E-state index contributed by atoms with van der Waals surface area (Å²) < 4.78 is 5.40. The summed E-state index contributed by atoms with van der Waals surface area (Å²) in [6.07, 6.45) is 37.0. The van der Waals surface area contributed by atoms with Gasteiger partial charge in [0.2, 0.25) is 0 Å². The Morgan fingerprint density at radius 3 is 1.46 bits per heavy atom. The molecule has 3 rings (SSSR count). The molecule has 0 aliphatic heterocycles. The van der Waals surface area contributed by atoms with E-state index in [4.69, 9.17) is 0 Å². The molecular formula is C46H75N2+. The molecule has 48 heavy (non-hydrogen) atoms. The van der Waals surface area contributed by atoms with E-state index in [0.717, 1.165) is 25.9 Å². The highest BCUT2D eigenvalue weighted by Gasteiger charge is 2.25. The molecule has 1 heterocycles. The van der Waals surface area contributed by atoms with Crippen molar-refractivity contribution in [1.29, 1.82) is 0 Å². The monoisotopic (exact) mass is 656 g/mol. The van der Waals surface area contributed by atoms with Crippen molar-refractivity contribution in [2.45, 2.75) is 200 Å². The minimum atomic E-state index is 0.516. The van der Waals surface area contributed by atoms with Crippen LogP contribution in [0.5, 0.6) is 0 Å². The van der Waals surface area contributed by atoms with Crippen molar-refractivity contribution in [3.8, 4) is 0 Å². The average Bonchev–Trinajstić information content (AvgIpc) is 3.42. The molecule has 0 radical (unpaired) electrons. The standard InChI is InChI=1S/C46H75N2/c1-4-6-8-10-12-13-14-15-16-17-18-19-20-22-23-31-37-47-41-45(39-42(3)44-35-29-26-30-36-44)48(38-32-24-21-11-9-7-5-2)46(47)40-43-33-27-25-28-34-43/h25-30,33-36,41-42H,4-24,31-32,37-40H2,1-3H3/q+1. The summed E-state index contributed by atoms with van der Waals surface area (Å²) in [7, 11) is 0. The van der Waals surface area contributed by atoms with E-state index in [-0.39, 0.29) is 0 Å². The van der Waals surface area contributed by atoms with Crippen LogP contribution in [-0.4, -0.2) is 4.57 Å². The van der Waals surface area contributed by atoms with Gasteiger partial charge in [-0.15, -0.1) is 0 Å². The molecule has 1 atom stereocenters. The predicted octanol–water partition coefficient (Wildman–Crippen LogP) is 13.7. The molecule has 0 amide bonds. The van der Waals surface area contributed by atoms with Crippen LogP contribution in [0.4, 0.5) is 0 Å². The first-order valence-corrected chi connectivity index (χ1v) is 20.9. The van der Waals surface area contributed by atoms with E-state index in [0.29, 0.717) is 5.92 Å². The summed E-state index contributed by atoms with van der Waals surface area (Å²) in [5.41, 5.74) is 4.41. The van der Waals surface area contributed by atoms with Crippen molar-refractivity contribution in [3.05, 3.63) is 89.5 Å². The molecule has 2 nitrogen and oxygen atoms in total. The van der Waals surface area contributed by atoms with E-state index in [1.807, 2.05) is 0 Å². The fraction of sp³-hybridized carbons (Fsp3) is 0.674. The smallest absolute Gasteiger partial charge is 0.234 e. The average molecular weight is 656 g/mol. The fourth-order valence-corrected chi connectivity index (χ4v) is 7.52. The molecule has 0 N–H and O–H groups in total. The van der Waals surface area contributed by atoms with Crippen molar-refractivity contribution >= 4 is 0 Å². The Labute approximate surface area is 298 Å². The SMILES string of the molecule is CCCCCCCCCCCCCCCCCC[n+]1cc(CC(C)c2ccccc2)n(CCCCCCCCC)c1Cc1ccccc1. The van der Waals surface area contributed by atoms with E-state index < -0.39 is 0 Å². The second-order valence-corrected chi connectivity index (χ2v) is 15.0. The van der Waals surface area contributed by atoms with Crippen molar-refractivity contribution in [2.75, 3.05) is 0 Å². The normalized spacial score (nSPS) is 12.1. The molecule has 0 aliphatic carbocycles. The third-order valence-corrected chi connectivity index (χ3v) is 10.6. The van der Waals surface area contributed by atoms with Gasteiger partial charge in [-0.05, 0) is 42.7 Å². The summed E-state index contributed by atoms with van der Waals surface area (Å²) in [6, 6.07) is 22.3. The van der Waals surface area contributed by atoms with Crippen molar-refractivity contribution in [3.63, 3.8) is 0 Å². The quantitative estimate of drug-likeness (QED) is 0.0499. The molecule has 0 aliphatic rings. The number of hydrogen-bond acceptors (Lipinski definition) is 0. The molecule has 1 unspecified atom stereocenters. The number of rotatable bonds is 30. The first-order valence-electron chi connectivity index (χ1n) is 20.9. The number of unbranched alkanes of at least 4 members (excludes halogenated alkanes) is 21. The zero-order valence-electron chi connectivity index (χ0n) is 31.9. The van der Waals surface area contributed by atoms with Crippen LogP contribution in [0.15, 0.2) is 66.9 Å². The van der Waals surface area contributed by atoms with Crippen LogP contribution in [0.1, 0.15) is 197 Å². The number of hydrogen-bond donors (Lipinski definition) is 0. The van der Waals surface area contributed by atoms with Gasteiger partial charge in [-0.3, -0.25) is 0 Å². The van der Waals surface area contributed by atoms with Crippen LogP contribution in [-0.2, 0) is 25.9 Å². The number of aryl methyl sites for hydroxylation is 1. The predicted molar refractivity (Wildman–Crippen MR) is 210 cm³/mol. The van der Waals surface area contributed by atoms with Gasteiger partial charge in [0.05, 0.1) is 19.5 Å². The van der Waals surface area contributed by atoms with Gasteiger partial charge < -0.3 is 0 Å². The lowest BCUT2D eigenvalue weighted by molar-refractivity contribution is -0.704. The number of aromatic nitrogens is 2. The van der Waals surface area contributed by atoms with Gasteiger partial charge in [-0.2, -0.15) is 0 Å². The summed E-state index contributed by atoms with van der Waals surface area (Å²) in [6.45, 7) is 9.34. The van der Waals surface area contributed by atoms with Crippen LogP contribution >= 0.6 is 0 Å². The third kappa shape index (κ3) is 16.8. The first-order chi connectivity index (χ1) is 23.7. The van der Waals surface area contributed by atoms with E-state index in [1.54, 1.807) is 0 Å². The van der Waals surface area contributed by atoms with Crippen LogP contribution in [0.2, 0.25) is 0 Å². The highest BCUT2D eigenvalue weighted by molar-refractivity contribution is 5.22. The van der Waals surface area contributed by atoms with Crippen molar-refractivity contribution in [2.24, 2.45) is 0 Å². The van der Waals surface area contributed by atoms with Crippen LogP contribution in [0.3, 0.4) is 0 Å². The van der Waals surface area contributed by atoms with Gasteiger partial charge in [0.15, 0.2) is 0 Å².